The lowest BCUT2D eigenvalue weighted by Crippen LogP contribution is -2.50. The normalized spacial score (nSPS) is 16.7. The second kappa shape index (κ2) is 8.30. The molecule has 1 aromatic carbocycles. The monoisotopic (exact) mass is 458 g/mol. The molecule has 1 aromatic heterocycles. The maximum Gasteiger partial charge on any atom is 0.247 e. The Morgan fingerprint density at radius 2 is 1.85 bits per heavy atom. The Kier molecular flexibility index (Phi) is 6.28. The number of amides is 1. The molecule has 8 heteroatoms. The summed E-state index contributed by atoms with van der Waals surface area (Å²) >= 11 is 16.0. The number of aromatic nitrogens is 2. The van der Waals surface area contributed by atoms with Crippen LogP contribution in [-0.4, -0.2) is 51.7 Å². The largest absolute Gasteiger partial charge is 0.338 e. The van der Waals surface area contributed by atoms with E-state index in [-0.39, 0.29) is 11.9 Å². The molecule has 0 spiro atoms. The third-order valence-corrected chi connectivity index (χ3v) is 6.32. The smallest absolute Gasteiger partial charge is 0.247 e. The fourth-order valence-electron chi connectivity index (χ4n) is 3.20. The van der Waals surface area contributed by atoms with Gasteiger partial charge in [0, 0.05) is 48.3 Å². The number of hydrogen-bond donors (Lipinski definition) is 0. The summed E-state index contributed by atoms with van der Waals surface area (Å²) in [7, 11) is 0. The molecule has 0 radical (unpaired) electrons. The highest BCUT2D eigenvalue weighted by molar-refractivity contribution is 9.10. The highest BCUT2D eigenvalue weighted by Gasteiger charge is 2.27. The number of carbonyl (C=O) groups is 1. The van der Waals surface area contributed by atoms with Crippen LogP contribution >= 0.6 is 39.1 Å². The first kappa shape index (κ1) is 19.7. The maximum atomic E-state index is 12.8. The van der Waals surface area contributed by atoms with Crippen molar-refractivity contribution in [1.82, 2.24) is 19.6 Å². The number of carbonyl (C=O) groups excluding carboxylic acids is 1. The molecule has 5 nitrogen and oxygen atoms in total. The van der Waals surface area contributed by atoms with Crippen LogP contribution in [0.2, 0.25) is 10.0 Å². The van der Waals surface area contributed by atoms with Gasteiger partial charge >= 0.3 is 0 Å². The van der Waals surface area contributed by atoms with E-state index in [1.807, 2.05) is 36.9 Å². The van der Waals surface area contributed by atoms with Crippen molar-refractivity contribution < 1.29 is 4.79 Å². The minimum Gasteiger partial charge on any atom is -0.338 e. The summed E-state index contributed by atoms with van der Waals surface area (Å²) in [6.07, 6.45) is 1.73. The van der Waals surface area contributed by atoms with E-state index in [9.17, 15) is 4.79 Å². The lowest BCUT2D eigenvalue weighted by atomic mass is 10.2. The van der Waals surface area contributed by atoms with Gasteiger partial charge in [-0.05, 0) is 41.9 Å². The predicted octanol–water partition coefficient (Wildman–Crippen LogP) is 4.17. The third-order valence-electron chi connectivity index (χ3n) is 4.84. The van der Waals surface area contributed by atoms with Gasteiger partial charge in [0.25, 0.3) is 0 Å². The van der Waals surface area contributed by atoms with E-state index in [2.05, 4.69) is 25.9 Å². The molecule has 0 bridgehead atoms. The molecule has 1 fully saturated rings. The van der Waals surface area contributed by atoms with Gasteiger partial charge < -0.3 is 4.90 Å². The van der Waals surface area contributed by atoms with Crippen molar-refractivity contribution in [2.75, 3.05) is 26.2 Å². The Labute approximate surface area is 172 Å². The van der Waals surface area contributed by atoms with Crippen LogP contribution in [0.5, 0.6) is 0 Å². The molecule has 3 rings (SSSR count). The Morgan fingerprint density at radius 3 is 2.38 bits per heavy atom. The first-order valence-corrected chi connectivity index (χ1v) is 10.1. The summed E-state index contributed by atoms with van der Waals surface area (Å²) in [5.41, 5.74) is 1.90. The van der Waals surface area contributed by atoms with Gasteiger partial charge in [0.1, 0.15) is 6.04 Å². The van der Waals surface area contributed by atoms with Gasteiger partial charge in [-0.25, -0.2) is 0 Å². The van der Waals surface area contributed by atoms with Gasteiger partial charge in [0.05, 0.1) is 16.4 Å². The molecule has 0 aliphatic carbocycles. The molecular weight excluding hydrogens is 439 g/mol. The molecule has 1 unspecified atom stereocenters. The number of nitrogens with zero attached hydrogens (tertiary/aromatic N) is 4. The van der Waals surface area contributed by atoms with Crippen molar-refractivity contribution in [3.05, 3.63) is 50.2 Å². The second-order valence-electron chi connectivity index (χ2n) is 6.50. The maximum absolute atomic E-state index is 12.8. The van der Waals surface area contributed by atoms with Crippen LogP contribution in [0.25, 0.3) is 0 Å². The van der Waals surface area contributed by atoms with Crippen molar-refractivity contribution in [3.63, 3.8) is 0 Å². The number of benzene rings is 1. The highest BCUT2D eigenvalue weighted by atomic mass is 79.9. The van der Waals surface area contributed by atoms with Crippen molar-refractivity contribution in [1.29, 1.82) is 0 Å². The topological polar surface area (TPSA) is 41.4 Å². The van der Waals surface area contributed by atoms with Gasteiger partial charge in [-0.15, -0.1) is 0 Å². The van der Waals surface area contributed by atoms with Crippen LogP contribution in [0.4, 0.5) is 0 Å². The van der Waals surface area contributed by atoms with E-state index in [0.29, 0.717) is 29.7 Å². The summed E-state index contributed by atoms with van der Waals surface area (Å²) < 4.78 is 2.68. The Hall–Kier alpha value is -1.08. The molecule has 2 aromatic rings. The molecule has 1 aliphatic heterocycles. The van der Waals surface area contributed by atoms with Crippen molar-refractivity contribution >= 4 is 45.0 Å². The average Bonchev–Trinajstić information content (AvgIpc) is 2.97. The zero-order chi connectivity index (χ0) is 18.8. The first-order valence-electron chi connectivity index (χ1n) is 8.52. The lowest BCUT2D eigenvalue weighted by molar-refractivity contribution is -0.136. The van der Waals surface area contributed by atoms with E-state index >= 15 is 0 Å². The molecule has 140 valence electrons. The second-order valence-corrected chi connectivity index (χ2v) is 8.17. The number of piperazine rings is 1. The average molecular weight is 460 g/mol. The van der Waals surface area contributed by atoms with Crippen molar-refractivity contribution in [2.45, 2.75) is 26.4 Å². The van der Waals surface area contributed by atoms with E-state index in [4.69, 9.17) is 23.2 Å². The van der Waals surface area contributed by atoms with Crippen LogP contribution in [0.3, 0.4) is 0 Å². The number of halogens is 3. The molecule has 1 saturated heterocycles. The summed E-state index contributed by atoms with van der Waals surface area (Å²) in [6, 6.07) is 5.25. The minimum absolute atomic E-state index is 0.0964. The predicted molar refractivity (Wildman–Crippen MR) is 108 cm³/mol. The van der Waals surface area contributed by atoms with Crippen LogP contribution in [0, 0.1) is 6.92 Å². The van der Waals surface area contributed by atoms with Gasteiger partial charge in [0.2, 0.25) is 5.91 Å². The summed E-state index contributed by atoms with van der Waals surface area (Å²) in [6.45, 7) is 7.50. The summed E-state index contributed by atoms with van der Waals surface area (Å²) in [5.74, 6) is 0.0964. The first-order chi connectivity index (χ1) is 12.4. The number of rotatable bonds is 4. The molecule has 0 N–H and O–H groups in total. The van der Waals surface area contributed by atoms with E-state index in [0.717, 1.165) is 28.8 Å². The lowest BCUT2D eigenvalue weighted by Gasteiger charge is -2.36. The summed E-state index contributed by atoms with van der Waals surface area (Å²) in [4.78, 5) is 17.0. The van der Waals surface area contributed by atoms with Crippen molar-refractivity contribution in [3.8, 4) is 0 Å². The van der Waals surface area contributed by atoms with Crippen molar-refractivity contribution in [2.24, 2.45) is 0 Å². The fourth-order valence-corrected chi connectivity index (χ4v) is 3.99. The molecule has 26 heavy (non-hydrogen) atoms. The van der Waals surface area contributed by atoms with Gasteiger partial charge in [-0.1, -0.05) is 29.3 Å². The zero-order valence-electron chi connectivity index (χ0n) is 14.8. The molecule has 2 heterocycles. The van der Waals surface area contributed by atoms with E-state index in [1.165, 1.54) is 0 Å². The quantitative estimate of drug-likeness (QED) is 0.688. The van der Waals surface area contributed by atoms with E-state index in [1.54, 1.807) is 10.9 Å². The Balaban J connectivity index is 1.59. The highest BCUT2D eigenvalue weighted by Crippen LogP contribution is 2.26. The fraction of sp³-hybridized carbons (Fsp3) is 0.444. The molecule has 1 aliphatic rings. The Bertz CT molecular complexity index is 782. The SMILES string of the molecule is Cc1c(Br)cnn1C(C)C(=O)N1CCN(Cc2c(Cl)cccc2Cl)CC1. The zero-order valence-corrected chi connectivity index (χ0v) is 17.9. The van der Waals surface area contributed by atoms with Crippen LogP contribution in [0.1, 0.15) is 24.2 Å². The van der Waals surface area contributed by atoms with Gasteiger partial charge in [0.15, 0.2) is 0 Å². The third kappa shape index (κ3) is 4.09. The number of hydrogen-bond acceptors (Lipinski definition) is 3. The molecule has 0 saturated carbocycles. The standard InChI is InChI=1S/C18H21BrCl2N4O/c1-12-15(19)10-22-25(12)13(2)18(26)24-8-6-23(7-9-24)11-14-16(20)4-3-5-17(14)21/h3-5,10,13H,6-9,11H2,1-2H3. The summed E-state index contributed by atoms with van der Waals surface area (Å²) in [5, 5.41) is 5.67. The van der Waals surface area contributed by atoms with E-state index < -0.39 is 0 Å². The molecule has 1 amide bonds. The Morgan fingerprint density at radius 1 is 1.23 bits per heavy atom. The molecule has 1 atom stereocenters. The molecular formula is C18H21BrCl2N4O. The van der Waals surface area contributed by atoms with Crippen LogP contribution < -0.4 is 0 Å². The van der Waals surface area contributed by atoms with Gasteiger partial charge in [-0.2, -0.15) is 5.10 Å². The van der Waals surface area contributed by atoms with Crippen LogP contribution in [-0.2, 0) is 11.3 Å². The van der Waals surface area contributed by atoms with Gasteiger partial charge in [-0.3, -0.25) is 14.4 Å². The minimum atomic E-state index is -0.314. The van der Waals surface area contributed by atoms with Crippen LogP contribution in [0.15, 0.2) is 28.9 Å².